The molecule has 0 spiro atoms. The maximum atomic E-state index is 14.1. The van der Waals surface area contributed by atoms with E-state index in [1.54, 1.807) is 30.8 Å². The predicted octanol–water partition coefficient (Wildman–Crippen LogP) is 3.64. The summed E-state index contributed by atoms with van der Waals surface area (Å²) in [6.45, 7) is 13.9. The van der Waals surface area contributed by atoms with Gasteiger partial charge in [0.05, 0.1) is 42.7 Å². The molecule has 1 aromatic carbocycles. The number of benzene rings is 1. The molecule has 53 heavy (non-hydrogen) atoms. The van der Waals surface area contributed by atoms with Gasteiger partial charge in [0, 0.05) is 38.8 Å². The van der Waals surface area contributed by atoms with Crippen molar-refractivity contribution in [1.82, 2.24) is 25.8 Å². The van der Waals surface area contributed by atoms with Gasteiger partial charge in [-0.1, -0.05) is 89.7 Å². The standard InChI is InChI=1S/C38H64N5O9P/c1-12-25(6)34(42(9)38(47)33(24(4)5)41-37(46)32(39-8)23(2)3)29(50-10)22-31(44)43-20-16-19-28(43)35(51-11)26(7)36(45)40-30(52-53(48)49)21-27-17-14-13-15-18-27/h13-15,17-18,23-26,28-30,32-35,39H,12,16,19-22H2,1-11H3,(H2-,40,41,45,46,48,49)/p+1/t25?,26-,28-,29+,30-,32-,33-,34-,35+/m0/s1. The van der Waals surface area contributed by atoms with Gasteiger partial charge in [0.2, 0.25) is 23.6 Å². The van der Waals surface area contributed by atoms with Gasteiger partial charge in [0.1, 0.15) is 6.04 Å². The Balaban J connectivity index is 2.27. The maximum absolute atomic E-state index is 14.1. The second kappa shape index (κ2) is 22.4. The molecular formula is C38H65N5O9P+. The molecule has 14 nitrogen and oxygen atoms in total. The Morgan fingerprint density at radius 2 is 1.58 bits per heavy atom. The van der Waals surface area contributed by atoms with Gasteiger partial charge < -0.3 is 35.2 Å². The quantitative estimate of drug-likeness (QED) is 0.101. The van der Waals surface area contributed by atoms with Crippen molar-refractivity contribution < 1.29 is 42.6 Å². The van der Waals surface area contributed by atoms with Crippen LogP contribution in [0.25, 0.3) is 0 Å². The lowest BCUT2D eigenvalue weighted by atomic mass is 9.89. The topological polar surface area (TPSA) is 176 Å². The van der Waals surface area contributed by atoms with E-state index in [9.17, 15) is 28.6 Å². The van der Waals surface area contributed by atoms with Gasteiger partial charge in [0.15, 0.2) is 6.23 Å². The Morgan fingerprint density at radius 3 is 2.09 bits per heavy atom. The second-order valence-corrected chi connectivity index (χ2v) is 15.5. The summed E-state index contributed by atoms with van der Waals surface area (Å²) in [6.07, 6.45) is -0.190. The van der Waals surface area contributed by atoms with Gasteiger partial charge >= 0.3 is 8.25 Å². The summed E-state index contributed by atoms with van der Waals surface area (Å²) in [5.41, 5.74) is 0.812. The molecule has 1 aliphatic rings. The molecule has 0 radical (unpaired) electrons. The van der Waals surface area contributed by atoms with Crippen LogP contribution in [0.5, 0.6) is 0 Å². The minimum absolute atomic E-state index is 0.0128. The first-order valence-corrected chi connectivity index (χ1v) is 19.9. The fraction of sp³-hybridized carbons (Fsp3) is 0.737. The number of methoxy groups -OCH3 is 2. The van der Waals surface area contributed by atoms with Gasteiger partial charge in [-0.05, 0) is 43.2 Å². The molecule has 300 valence electrons. The van der Waals surface area contributed by atoms with E-state index < -0.39 is 62.7 Å². The zero-order valence-corrected chi connectivity index (χ0v) is 34.4. The number of likely N-dealkylation sites (N-methyl/N-ethyl adjacent to an activating group) is 2. The first-order valence-electron chi connectivity index (χ1n) is 18.8. The number of likely N-dealkylation sites (tertiary alicyclic amines) is 1. The lowest BCUT2D eigenvalue weighted by molar-refractivity contribution is -0.148. The molecule has 10 atom stereocenters. The average Bonchev–Trinajstić information content (AvgIpc) is 3.59. The zero-order valence-electron chi connectivity index (χ0n) is 33.5. The lowest BCUT2D eigenvalue weighted by Gasteiger charge is -2.41. The van der Waals surface area contributed by atoms with Crippen LogP contribution in [0.1, 0.15) is 79.7 Å². The molecule has 1 fully saturated rings. The molecule has 1 aromatic rings. The van der Waals surface area contributed by atoms with Crippen LogP contribution in [0, 0.1) is 23.7 Å². The summed E-state index contributed by atoms with van der Waals surface area (Å²) < 4.78 is 28.6. The van der Waals surface area contributed by atoms with E-state index in [0.717, 1.165) is 5.56 Å². The Labute approximate surface area is 317 Å². The molecule has 1 saturated heterocycles. The monoisotopic (exact) mass is 766 g/mol. The fourth-order valence-corrected chi connectivity index (χ4v) is 7.74. The van der Waals surface area contributed by atoms with Crippen molar-refractivity contribution in [2.75, 3.05) is 34.9 Å². The Hall–Kier alpha value is -3.00. The molecule has 0 aliphatic carbocycles. The molecule has 2 unspecified atom stereocenters. The van der Waals surface area contributed by atoms with Gasteiger partial charge in [-0.2, -0.15) is 0 Å². The zero-order chi connectivity index (χ0) is 40.0. The summed E-state index contributed by atoms with van der Waals surface area (Å²) in [7, 11) is 3.48. The van der Waals surface area contributed by atoms with E-state index in [1.165, 1.54) is 14.2 Å². The highest BCUT2D eigenvalue weighted by atomic mass is 31.1. The van der Waals surface area contributed by atoms with E-state index >= 15 is 0 Å². The van der Waals surface area contributed by atoms with E-state index in [2.05, 4.69) is 16.0 Å². The number of carbonyl (C=O) groups is 4. The van der Waals surface area contributed by atoms with Crippen LogP contribution in [0.4, 0.5) is 0 Å². The average molecular weight is 767 g/mol. The molecule has 15 heteroatoms. The van der Waals surface area contributed by atoms with Crippen molar-refractivity contribution in [3.8, 4) is 0 Å². The number of nitrogens with one attached hydrogen (secondary N) is 3. The molecule has 0 aromatic heterocycles. The number of nitrogens with zero attached hydrogens (tertiary/aromatic N) is 2. The number of hydrogen-bond acceptors (Lipinski definition) is 9. The summed E-state index contributed by atoms with van der Waals surface area (Å²) in [5, 5.41) is 8.75. The molecule has 4 N–H and O–H groups in total. The smallest absolute Gasteiger partial charge is 0.379 e. The third-order valence-corrected chi connectivity index (χ3v) is 11.0. The minimum atomic E-state index is -2.98. The highest BCUT2D eigenvalue weighted by molar-refractivity contribution is 7.32. The number of hydrogen-bond donors (Lipinski definition) is 4. The van der Waals surface area contributed by atoms with Crippen LogP contribution in [0.15, 0.2) is 30.3 Å². The Morgan fingerprint density at radius 1 is 0.962 bits per heavy atom. The Bertz CT molecular complexity index is 1340. The number of carbonyl (C=O) groups excluding carboxylic acids is 4. The highest BCUT2D eigenvalue weighted by Gasteiger charge is 2.43. The largest absolute Gasteiger partial charge is 0.696 e. The van der Waals surface area contributed by atoms with Gasteiger partial charge in [-0.25, -0.2) is 0 Å². The van der Waals surface area contributed by atoms with Crippen LogP contribution < -0.4 is 16.0 Å². The van der Waals surface area contributed by atoms with Crippen LogP contribution in [0.3, 0.4) is 0 Å². The molecule has 0 saturated carbocycles. The number of amides is 4. The van der Waals surface area contributed by atoms with Crippen LogP contribution in [-0.4, -0.2) is 116 Å². The minimum Gasteiger partial charge on any atom is -0.379 e. The summed E-state index contributed by atoms with van der Waals surface area (Å²) in [5.74, 6) is -2.10. The highest BCUT2D eigenvalue weighted by Crippen LogP contribution is 2.30. The van der Waals surface area contributed by atoms with Crippen molar-refractivity contribution in [2.24, 2.45) is 23.7 Å². The van der Waals surface area contributed by atoms with Gasteiger partial charge in [-0.3, -0.25) is 19.2 Å². The summed E-state index contributed by atoms with van der Waals surface area (Å²) in [6, 6.07) is 7.02. The van der Waals surface area contributed by atoms with E-state index in [-0.39, 0.29) is 48.3 Å². The maximum Gasteiger partial charge on any atom is 0.696 e. The molecule has 1 heterocycles. The Kier molecular flexibility index (Phi) is 19.5. The molecule has 4 amide bonds. The van der Waals surface area contributed by atoms with Crippen molar-refractivity contribution in [1.29, 1.82) is 0 Å². The van der Waals surface area contributed by atoms with Crippen molar-refractivity contribution in [3.05, 3.63) is 35.9 Å². The van der Waals surface area contributed by atoms with Crippen LogP contribution in [-0.2, 0) is 44.2 Å². The first-order chi connectivity index (χ1) is 25.0. The third kappa shape index (κ3) is 13.1. The van der Waals surface area contributed by atoms with Crippen molar-refractivity contribution in [3.63, 3.8) is 0 Å². The first kappa shape index (κ1) is 46.2. The SMILES string of the molecule is CCC(C)[C@@H]([C@@H](CC(=O)N1CCC[C@H]1[C@H](OC)[C@H](C)C(=O)N[C@H](Cc1ccccc1)O[P+](=O)O)OC)N(C)C(=O)[C@@H](NC(=O)[C@@H](NC)C(C)C)C(C)C. The van der Waals surface area contributed by atoms with Crippen molar-refractivity contribution >= 4 is 31.9 Å². The third-order valence-electron chi connectivity index (χ3n) is 10.5. The molecule has 0 bridgehead atoms. The number of ether oxygens (including phenoxy) is 2. The predicted molar refractivity (Wildman–Crippen MR) is 204 cm³/mol. The fourth-order valence-electron chi connectivity index (χ4n) is 7.39. The molecule has 1 aliphatic heterocycles. The normalized spacial score (nSPS) is 19.5. The lowest BCUT2D eigenvalue weighted by Crippen LogP contribution is -2.59. The molecule has 2 rings (SSSR count). The number of rotatable bonds is 22. The van der Waals surface area contributed by atoms with Crippen LogP contribution >= 0.6 is 8.25 Å². The van der Waals surface area contributed by atoms with E-state index in [0.29, 0.717) is 25.8 Å². The van der Waals surface area contributed by atoms with E-state index in [4.69, 9.17) is 14.0 Å². The second-order valence-electron chi connectivity index (χ2n) is 14.9. The van der Waals surface area contributed by atoms with Crippen molar-refractivity contribution in [2.45, 2.75) is 123 Å². The summed E-state index contributed by atoms with van der Waals surface area (Å²) >= 11 is 0. The van der Waals surface area contributed by atoms with E-state index in [1.807, 2.05) is 71.9 Å². The van der Waals surface area contributed by atoms with Crippen LogP contribution in [0.2, 0.25) is 0 Å². The van der Waals surface area contributed by atoms with Gasteiger partial charge in [0.25, 0.3) is 0 Å². The molecular weight excluding hydrogens is 701 g/mol. The summed E-state index contributed by atoms with van der Waals surface area (Å²) in [4.78, 5) is 67.8. The van der Waals surface area contributed by atoms with Gasteiger partial charge in [-0.15, -0.1) is 4.89 Å².